The number of hydrogen-bond acceptors (Lipinski definition) is 14. The van der Waals surface area contributed by atoms with E-state index < -0.39 is 109 Å². The van der Waals surface area contributed by atoms with Crippen LogP contribution in [0, 0.1) is 17.8 Å². The summed E-state index contributed by atoms with van der Waals surface area (Å²) in [4.78, 5) is 33.2. The molecular weight excluding hydrogens is 1100 g/mol. The number of esters is 1. The molecule has 0 spiro atoms. The number of aliphatic hydroxyl groups excluding tert-OH is 3. The molecule has 18 atom stereocenters. The molecule has 3 saturated heterocycles. The number of cyclic esters (lactones) is 1. The lowest BCUT2D eigenvalue weighted by molar-refractivity contribution is -0.318. The van der Waals surface area contributed by atoms with Crippen molar-refractivity contribution in [2.45, 2.75) is 224 Å². The van der Waals surface area contributed by atoms with Crippen LogP contribution in [0.3, 0.4) is 0 Å². The molecule has 0 radical (unpaired) electrons. The molecule has 16 heteroatoms. The van der Waals surface area contributed by atoms with Gasteiger partial charge in [-0.05, 0) is 143 Å². The maximum absolute atomic E-state index is 14.9. The minimum absolute atomic E-state index is 0.0560. The van der Waals surface area contributed by atoms with Crippen molar-refractivity contribution in [3.63, 3.8) is 0 Å². The molecule has 0 aliphatic carbocycles. The second kappa shape index (κ2) is 29.9. The molecule has 85 heavy (non-hydrogen) atoms. The van der Waals surface area contributed by atoms with Crippen molar-refractivity contribution in [2.75, 3.05) is 33.9 Å². The summed E-state index contributed by atoms with van der Waals surface area (Å²) >= 11 is 0. The number of amides is 1. The summed E-state index contributed by atoms with van der Waals surface area (Å²) in [6, 6.07) is 40.2. The van der Waals surface area contributed by atoms with Crippen molar-refractivity contribution >= 4 is 35.1 Å². The SMILES string of the molecule is CC[C@H]1OC(=O)[C@H](C)[C@@H](O[C@H]2C[C@@](C)(OC)[C@@H](O)[C@H](C)O2)[C@H](C)[C@@H](O[C@@H]2O[C@H](C)C[C@H](N(C)C)[C@H]2O)[C@](C)(O)C[C@@H](C)CN(C(=O)CCCCCCC[P+](c2ccccc2)(c2ccccc2)c2ccccc2-c2ccccc2)[C@H](C)[C@@H](O)[C@]1(C)O. The highest BCUT2D eigenvalue weighted by Gasteiger charge is 2.54. The Bertz CT molecular complexity index is 2660. The number of carbonyl (C=O) groups excluding carboxylic acids is 2. The average Bonchev–Trinajstić information content (AvgIpc) is 3.08. The highest BCUT2D eigenvalue weighted by Crippen LogP contribution is 2.58. The third-order valence-electron chi connectivity index (χ3n) is 18.9. The standard InChI is InChI=1S/C69H102N2O13P/c1-14-57-69(10,78)62(74)49(6)71(58(72)39-27-16-15-17-30-40-85(52-33-23-19-24-34-52,53-35-25-20-26-36-53)56-38-29-28-37-54(56)51-31-21-18-22-32-51)44-45(2)42-67(8,77)64(84-66-60(73)55(70(11)12)41-46(3)80-66)47(4)61(48(5)65(76)82-57)83-59-43-68(9,79-13)63(75)50(7)81-59/h18-26,28-29,31-38,45-50,55,57,59-64,66,73-75,77-78H,14-17,27,30,39-44H2,1-13H3/q+1/t45-,46-,47+,48-,49-,50+,55+,57-,59+,60-,61+,62-,63+,64-,66+,67-,68-,69-/m1/s1. The average molecular weight is 1200 g/mol. The lowest BCUT2D eigenvalue weighted by atomic mass is 9.77. The Morgan fingerprint density at radius 3 is 1.92 bits per heavy atom. The Labute approximate surface area is 508 Å². The van der Waals surface area contributed by atoms with Gasteiger partial charge in [0.25, 0.3) is 0 Å². The quantitative estimate of drug-likeness (QED) is 0.0339. The lowest BCUT2D eigenvalue weighted by Crippen LogP contribution is -2.60. The Morgan fingerprint density at radius 1 is 0.741 bits per heavy atom. The molecule has 0 bridgehead atoms. The van der Waals surface area contributed by atoms with Gasteiger partial charge in [-0.3, -0.25) is 9.59 Å². The van der Waals surface area contributed by atoms with E-state index in [1.807, 2.05) is 32.8 Å². The van der Waals surface area contributed by atoms with Gasteiger partial charge in [0.05, 0.1) is 53.7 Å². The molecule has 7 rings (SSSR count). The smallest absolute Gasteiger partial charge is 0.311 e. The fourth-order valence-corrected chi connectivity index (χ4v) is 18.6. The number of benzene rings is 4. The first-order valence-corrected chi connectivity index (χ1v) is 33.2. The van der Waals surface area contributed by atoms with E-state index in [0.717, 1.165) is 31.8 Å². The Morgan fingerprint density at radius 2 is 1.32 bits per heavy atom. The zero-order valence-electron chi connectivity index (χ0n) is 53.0. The topological polar surface area (TPSA) is 197 Å². The van der Waals surface area contributed by atoms with Crippen LogP contribution in [0.5, 0.6) is 0 Å². The van der Waals surface area contributed by atoms with Gasteiger partial charge in [-0.25, -0.2) is 0 Å². The van der Waals surface area contributed by atoms with Crippen LogP contribution in [0.2, 0.25) is 0 Å². The first-order chi connectivity index (χ1) is 40.3. The minimum Gasteiger partial charge on any atom is -0.459 e. The van der Waals surface area contributed by atoms with Crippen LogP contribution in [0.4, 0.5) is 0 Å². The van der Waals surface area contributed by atoms with Gasteiger partial charge < -0.3 is 63.8 Å². The van der Waals surface area contributed by atoms with Gasteiger partial charge in [0.15, 0.2) is 12.6 Å². The number of carbonyl (C=O) groups is 2. The molecule has 1 amide bonds. The van der Waals surface area contributed by atoms with Crippen molar-refractivity contribution in [3.05, 3.63) is 115 Å². The number of hydrogen-bond donors (Lipinski definition) is 5. The van der Waals surface area contributed by atoms with Gasteiger partial charge in [0, 0.05) is 44.0 Å². The van der Waals surface area contributed by atoms with Crippen LogP contribution >= 0.6 is 7.26 Å². The third kappa shape index (κ3) is 15.8. The molecule has 3 fully saturated rings. The van der Waals surface area contributed by atoms with Crippen LogP contribution in [0.25, 0.3) is 11.1 Å². The van der Waals surface area contributed by atoms with Crippen molar-refractivity contribution in [1.29, 1.82) is 0 Å². The summed E-state index contributed by atoms with van der Waals surface area (Å²) in [5, 5.41) is 65.0. The van der Waals surface area contributed by atoms with Crippen molar-refractivity contribution < 1.29 is 63.5 Å². The fraction of sp³-hybridized carbons (Fsp3) is 0.623. The molecule has 3 heterocycles. The molecule has 3 aliphatic heterocycles. The predicted octanol–water partition coefficient (Wildman–Crippen LogP) is 8.80. The summed E-state index contributed by atoms with van der Waals surface area (Å²) in [5.41, 5.74) is -2.42. The summed E-state index contributed by atoms with van der Waals surface area (Å²) in [6.07, 6.45) is -4.28. The van der Waals surface area contributed by atoms with Gasteiger partial charge in [-0.1, -0.05) is 119 Å². The maximum atomic E-state index is 14.9. The van der Waals surface area contributed by atoms with Gasteiger partial charge in [0.2, 0.25) is 5.91 Å². The predicted molar refractivity (Wildman–Crippen MR) is 336 cm³/mol. The Balaban J connectivity index is 1.14. The molecule has 470 valence electrons. The molecule has 4 aromatic rings. The molecule has 0 saturated carbocycles. The highest BCUT2D eigenvalue weighted by atomic mass is 31.2. The molecule has 3 aliphatic rings. The van der Waals surface area contributed by atoms with E-state index >= 15 is 0 Å². The van der Waals surface area contributed by atoms with E-state index in [-0.39, 0.29) is 50.3 Å². The van der Waals surface area contributed by atoms with E-state index in [4.69, 9.17) is 28.4 Å². The van der Waals surface area contributed by atoms with Gasteiger partial charge in [0.1, 0.15) is 53.2 Å². The van der Waals surface area contributed by atoms with Crippen molar-refractivity contribution in [1.82, 2.24) is 9.80 Å². The number of methoxy groups -OCH3 is 1. The minimum atomic E-state index is -2.18. The van der Waals surface area contributed by atoms with E-state index in [2.05, 4.69) is 115 Å². The van der Waals surface area contributed by atoms with Gasteiger partial charge >= 0.3 is 5.97 Å². The molecule has 15 nitrogen and oxygen atoms in total. The number of nitrogens with zero attached hydrogens (tertiary/aromatic N) is 2. The summed E-state index contributed by atoms with van der Waals surface area (Å²) in [7, 11) is 3.09. The largest absolute Gasteiger partial charge is 0.459 e. The number of likely N-dealkylation sites (N-methyl/N-ethyl adjacent to an activating group) is 1. The number of ether oxygens (including phenoxy) is 6. The highest BCUT2D eigenvalue weighted by molar-refractivity contribution is 7.95. The van der Waals surface area contributed by atoms with Crippen LogP contribution < -0.4 is 15.9 Å². The van der Waals surface area contributed by atoms with E-state index in [1.165, 1.54) is 41.1 Å². The lowest BCUT2D eigenvalue weighted by Gasteiger charge is -2.48. The maximum Gasteiger partial charge on any atom is 0.311 e. The zero-order valence-corrected chi connectivity index (χ0v) is 53.9. The van der Waals surface area contributed by atoms with Crippen LogP contribution in [-0.2, 0) is 38.0 Å². The van der Waals surface area contributed by atoms with Crippen LogP contribution in [0.15, 0.2) is 115 Å². The molecule has 5 N–H and O–H groups in total. The van der Waals surface area contributed by atoms with E-state index in [9.17, 15) is 35.1 Å². The Hall–Kier alpha value is -4.19. The Kier molecular flexibility index (Phi) is 24.0. The van der Waals surface area contributed by atoms with E-state index in [1.54, 1.807) is 53.4 Å². The second-order valence-corrected chi connectivity index (χ2v) is 29.5. The number of unbranched alkanes of at least 4 members (excludes halogenated alkanes) is 4. The monoisotopic (exact) mass is 1200 g/mol. The molecule has 0 aromatic heterocycles. The van der Waals surface area contributed by atoms with Crippen LogP contribution in [0.1, 0.15) is 133 Å². The van der Waals surface area contributed by atoms with Crippen molar-refractivity contribution in [2.24, 2.45) is 17.8 Å². The summed E-state index contributed by atoms with van der Waals surface area (Å²) in [5.74, 6) is -3.35. The van der Waals surface area contributed by atoms with Crippen LogP contribution in [-0.4, -0.2) is 171 Å². The molecule has 0 unspecified atom stereocenters. The number of aliphatic hydroxyl groups is 5. The molecular formula is C69H102N2O13P+. The van der Waals surface area contributed by atoms with Gasteiger partial charge in [-0.15, -0.1) is 0 Å². The summed E-state index contributed by atoms with van der Waals surface area (Å²) in [6.45, 7) is 17.4. The van der Waals surface area contributed by atoms with Gasteiger partial charge in [-0.2, -0.15) is 0 Å². The fourth-order valence-electron chi connectivity index (χ4n) is 14.0. The number of rotatable bonds is 19. The normalized spacial score (nSPS) is 34.7. The zero-order chi connectivity index (χ0) is 62.0. The van der Waals surface area contributed by atoms with E-state index in [0.29, 0.717) is 12.8 Å². The van der Waals surface area contributed by atoms with Crippen molar-refractivity contribution in [3.8, 4) is 11.1 Å². The molecule has 4 aromatic carbocycles. The first kappa shape index (κ1) is 68.3. The first-order valence-electron chi connectivity index (χ1n) is 31.3. The third-order valence-corrected chi connectivity index (χ3v) is 23.5. The summed E-state index contributed by atoms with van der Waals surface area (Å²) < 4.78 is 38.4. The second-order valence-electron chi connectivity index (χ2n) is 25.9.